The molecular weight excluding hydrogens is 403 g/mol. The molecule has 0 atom stereocenters. The number of hydrogen-bond acceptors (Lipinski definition) is 5. The number of nitrogens with zero attached hydrogens (tertiary/aromatic N) is 2. The third kappa shape index (κ3) is 5.99. The van der Waals surface area contributed by atoms with Crippen molar-refractivity contribution in [3.63, 3.8) is 0 Å². The Labute approximate surface area is 180 Å². The lowest BCUT2D eigenvalue weighted by Crippen LogP contribution is -2.41. The molecule has 166 valence electrons. The topological polar surface area (TPSA) is 92.7 Å². The van der Waals surface area contributed by atoms with Gasteiger partial charge in [-0.2, -0.15) is 0 Å². The highest BCUT2D eigenvalue weighted by Crippen LogP contribution is 2.15. The number of nitrogens with one attached hydrogen (secondary N) is 2. The standard InChI is InChI=1S/C22H27FN4O4/c1-15-5-6-27(8-7-26-9-11-31-12-10-26)22(30)20(15)21(29)24-14-19(28)25-18-4-3-17(23)13-16(18)2/h3-6,13H,7-12,14H2,1-2H3,(H,24,29)(H,25,28). The Kier molecular flexibility index (Phi) is 7.54. The second-order valence-corrected chi connectivity index (χ2v) is 7.52. The van der Waals surface area contributed by atoms with Gasteiger partial charge in [0.2, 0.25) is 5.91 Å². The summed E-state index contributed by atoms with van der Waals surface area (Å²) >= 11 is 0. The average molecular weight is 430 g/mol. The van der Waals surface area contributed by atoms with Crippen molar-refractivity contribution in [1.82, 2.24) is 14.8 Å². The minimum absolute atomic E-state index is 0.0234. The summed E-state index contributed by atoms with van der Waals surface area (Å²) in [6.07, 6.45) is 1.68. The summed E-state index contributed by atoms with van der Waals surface area (Å²) in [4.78, 5) is 39.9. The molecule has 0 aliphatic carbocycles. The Morgan fingerprint density at radius 2 is 1.84 bits per heavy atom. The van der Waals surface area contributed by atoms with E-state index < -0.39 is 17.6 Å². The molecule has 0 bridgehead atoms. The normalized spacial score (nSPS) is 14.3. The van der Waals surface area contributed by atoms with Crippen molar-refractivity contribution < 1.29 is 18.7 Å². The van der Waals surface area contributed by atoms with Gasteiger partial charge >= 0.3 is 0 Å². The fraction of sp³-hybridized carbons (Fsp3) is 0.409. The minimum atomic E-state index is -0.603. The van der Waals surface area contributed by atoms with Crippen molar-refractivity contribution in [3.8, 4) is 0 Å². The van der Waals surface area contributed by atoms with E-state index in [1.54, 1.807) is 26.1 Å². The van der Waals surface area contributed by atoms with E-state index in [1.165, 1.54) is 22.8 Å². The van der Waals surface area contributed by atoms with Crippen LogP contribution in [0.2, 0.25) is 0 Å². The van der Waals surface area contributed by atoms with E-state index in [0.717, 1.165) is 13.1 Å². The van der Waals surface area contributed by atoms with Crippen LogP contribution in [0.25, 0.3) is 0 Å². The number of aryl methyl sites for hydroxylation is 2. The van der Waals surface area contributed by atoms with Gasteiger partial charge in [0.15, 0.2) is 0 Å². The number of aromatic nitrogens is 1. The van der Waals surface area contributed by atoms with Gasteiger partial charge in [-0.25, -0.2) is 4.39 Å². The maximum absolute atomic E-state index is 13.2. The van der Waals surface area contributed by atoms with Crippen molar-refractivity contribution in [2.75, 3.05) is 44.7 Å². The number of rotatable bonds is 7. The maximum Gasteiger partial charge on any atom is 0.263 e. The highest BCUT2D eigenvalue weighted by molar-refractivity contribution is 6.00. The molecule has 1 aromatic heterocycles. The van der Waals surface area contributed by atoms with E-state index in [0.29, 0.717) is 43.1 Å². The number of hydrogen-bond donors (Lipinski definition) is 2. The summed E-state index contributed by atoms with van der Waals surface area (Å²) in [5.74, 6) is -1.47. The molecule has 9 heteroatoms. The molecule has 2 heterocycles. The average Bonchev–Trinajstić information content (AvgIpc) is 2.74. The van der Waals surface area contributed by atoms with E-state index in [-0.39, 0.29) is 17.7 Å². The van der Waals surface area contributed by atoms with Crippen LogP contribution in [0.15, 0.2) is 35.3 Å². The van der Waals surface area contributed by atoms with Gasteiger partial charge in [-0.3, -0.25) is 19.3 Å². The molecule has 8 nitrogen and oxygen atoms in total. The maximum atomic E-state index is 13.2. The number of pyridine rings is 1. The molecule has 0 saturated carbocycles. The number of ether oxygens (including phenoxy) is 1. The monoisotopic (exact) mass is 430 g/mol. The molecule has 31 heavy (non-hydrogen) atoms. The van der Waals surface area contributed by atoms with E-state index in [4.69, 9.17) is 4.74 Å². The summed E-state index contributed by atoms with van der Waals surface area (Å²) in [6, 6.07) is 5.73. The zero-order valence-corrected chi connectivity index (χ0v) is 17.7. The highest BCUT2D eigenvalue weighted by atomic mass is 19.1. The van der Waals surface area contributed by atoms with E-state index in [9.17, 15) is 18.8 Å². The minimum Gasteiger partial charge on any atom is -0.379 e. The van der Waals surface area contributed by atoms with Gasteiger partial charge in [-0.05, 0) is 49.2 Å². The first-order valence-electron chi connectivity index (χ1n) is 10.2. The quantitative estimate of drug-likeness (QED) is 0.691. The lowest BCUT2D eigenvalue weighted by Gasteiger charge is -2.26. The lowest BCUT2D eigenvalue weighted by molar-refractivity contribution is -0.115. The van der Waals surface area contributed by atoms with Gasteiger partial charge < -0.3 is 19.9 Å². The number of halogens is 1. The van der Waals surface area contributed by atoms with Crippen LogP contribution in [0.3, 0.4) is 0 Å². The summed E-state index contributed by atoms with van der Waals surface area (Å²) < 4.78 is 20.0. The van der Waals surface area contributed by atoms with Crippen LogP contribution in [-0.4, -0.2) is 60.7 Å². The van der Waals surface area contributed by atoms with Crippen LogP contribution in [0.1, 0.15) is 21.5 Å². The number of amides is 2. The van der Waals surface area contributed by atoms with Gasteiger partial charge in [-0.1, -0.05) is 0 Å². The summed E-state index contributed by atoms with van der Waals surface area (Å²) in [5, 5.41) is 5.12. The number of benzene rings is 1. The SMILES string of the molecule is Cc1cc(F)ccc1NC(=O)CNC(=O)c1c(C)ccn(CCN2CCOCC2)c1=O. The molecular formula is C22H27FN4O4. The Bertz CT molecular complexity index is 1020. The fourth-order valence-electron chi connectivity index (χ4n) is 3.40. The van der Waals surface area contributed by atoms with Crippen molar-refractivity contribution in [1.29, 1.82) is 0 Å². The summed E-state index contributed by atoms with van der Waals surface area (Å²) in [5.41, 5.74) is 1.21. The molecule has 0 unspecified atom stereocenters. The Morgan fingerprint density at radius 3 is 2.55 bits per heavy atom. The number of morpholine rings is 1. The first-order valence-corrected chi connectivity index (χ1v) is 10.2. The summed E-state index contributed by atoms with van der Waals surface area (Å²) in [7, 11) is 0. The molecule has 1 aliphatic rings. The van der Waals surface area contributed by atoms with Crippen LogP contribution in [0.4, 0.5) is 10.1 Å². The van der Waals surface area contributed by atoms with Crippen LogP contribution in [0.5, 0.6) is 0 Å². The fourth-order valence-corrected chi connectivity index (χ4v) is 3.40. The Hall–Kier alpha value is -3.04. The van der Waals surface area contributed by atoms with E-state index in [1.807, 2.05) is 0 Å². The first kappa shape index (κ1) is 22.6. The Balaban J connectivity index is 1.61. The van der Waals surface area contributed by atoms with Crippen molar-refractivity contribution in [2.24, 2.45) is 0 Å². The van der Waals surface area contributed by atoms with Gasteiger partial charge in [0.25, 0.3) is 11.5 Å². The number of carbonyl (C=O) groups is 2. The molecule has 1 fully saturated rings. The first-order chi connectivity index (χ1) is 14.8. The number of anilines is 1. The molecule has 0 spiro atoms. The largest absolute Gasteiger partial charge is 0.379 e. The smallest absolute Gasteiger partial charge is 0.263 e. The van der Waals surface area contributed by atoms with E-state index in [2.05, 4.69) is 15.5 Å². The zero-order valence-electron chi connectivity index (χ0n) is 17.7. The van der Waals surface area contributed by atoms with Crippen molar-refractivity contribution in [3.05, 3.63) is 63.3 Å². The molecule has 2 aromatic rings. The molecule has 2 amide bonds. The van der Waals surface area contributed by atoms with Crippen LogP contribution in [-0.2, 0) is 16.1 Å². The molecule has 1 aliphatic heterocycles. The highest BCUT2D eigenvalue weighted by Gasteiger charge is 2.18. The molecule has 1 aromatic carbocycles. The number of carbonyl (C=O) groups excluding carboxylic acids is 2. The van der Waals surface area contributed by atoms with Gasteiger partial charge in [0.05, 0.1) is 19.8 Å². The lowest BCUT2D eigenvalue weighted by atomic mass is 10.1. The van der Waals surface area contributed by atoms with Crippen molar-refractivity contribution in [2.45, 2.75) is 20.4 Å². The predicted octanol–water partition coefficient (Wildman–Crippen LogP) is 1.30. The van der Waals surface area contributed by atoms with Crippen molar-refractivity contribution >= 4 is 17.5 Å². The van der Waals surface area contributed by atoms with Gasteiger partial charge in [0.1, 0.15) is 11.4 Å². The van der Waals surface area contributed by atoms with Gasteiger partial charge in [-0.15, -0.1) is 0 Å². The molecule has 3 rings (SSSR count). The van der Waals surface area contributed by atoms with Crippen LogP contribution in [0, 0.1) is 19.7 Å². The summed E-state index contributed by atoms with van der Waals surface area (Å²) in [6.45, 7) is 7.18. The van der Waals surface area contributed by atoms with Gasteiger partial charge in [0, 0.05) is 38.1 Å². The third-order valence-corrected chi connectivity index (χ3v) is 5.23. The Morgan fingerprint density at radius 1 is 1.10 bits per heavy atom. The molecule has 0 radical (unpaired) electrons. The second-order valence-electron chi connectivity index (χ2n) is 7.52. The molecule has 2 N–H and O–H groups in total. The third-order valence-electron chi connectivity index (χ3n) is 5.23. The predicted molar refractivity (Wildman–Crippen MR) is 115 cm³/mol. The van der Waals surface area contributed by atoms with Crippen LogP contribution >= 0.6 is 0 Å². The zero-order chi connectivity index (χ0) is 22.4. The molecule has 1 saturated heterocycles. The second kappa shape index (κ2) is 10.3. The van der Waals surface area contributed by atoms with E-state index >= 15 is 0 Å². The van der Waals surface area contributed by atoms with Crippen LogP contribution < -0.4 is 16.2 Å².